The number of amides is 2. The zero-order chi connectivity index (χ0) is 86.1. The van der Waals surface area contributed by atoms with Crippen LogP contribution in [0.15, 0.2) is 171 Å². The van der Waals surface area contributed by atoms with Gasteiger partial charge in [0.25, 0.3) is 15.0 Å². The number of imidazole rings is 3. The van der Waals surface area contributed by atoms with Gasteiger partial charge in [-0.1, -0.05) is 90.1 Å². The van der Waals surface area contributed by atoms with Gasteiger partial charge in [0, 0.05) is 41.7 Å². The molecule has 13 aromatic rings. The Balaban J connectivity index is 0.498. The van der Waals surface area contributed by atoms with Crippen LogP contribution < -0.4 is 30.2 Å². The molecule has 0 saturated carbocycles. The van der Waals surface area contributed by atoms with Gasteiger partial charge < -0.3 is 62.5 Å². The third-order valence-electron chi connectivity index (χ3n) is 21.1. The van der Waals surface area contributed by atoms with Crippen molar-refractivity contribution >= 4 is 119 Å². The molecule has 10 atom stereocenters. The maximum atomic E-state index is 17.2. The van der Waals surface area contributed by atoms with Crippen LogP contribution in [0.1, 0.15) is 97.5 Å². The van der Waals surface area contributed by atoms with E-state index in [1.165, 1.54) is 46.6 Å². The first-order valence-electron chi connectivity index (χ1n) is 39.8. The third-order valence-corrected chi connectivity index (χ3v) is 26.0. The van der Waals surface area contributed by atoms with Crippen molar-refractivity contribution in [1.29, 1.82) is 0 Å². The summed E-state index contributed by atoms with van der Waals surface area (Å²) in [5.41, 5.74) is 13.7. The van der Waals surface area contributed by atoms with Crippen molar-refractivity contribution in [3.05, 3.63) is 205 Å². The molecule has 124 heavy (non-hydrogen) atoms. The Labute approximate surface area is 710 Å². The zero-order valence-electron chi connectivity index (χ0n) is 67.4. The molecule has 0 bridgehead atoms. The smallest absolute Gasteiger partial charge is 0.413 e. The number of carbonyl (C=O) groups excluding carboxylic acids is 4. The monoisotopic (exact) mass is 1750 g/mol. The highest BCUT2D eigenvalue weighted by Crippen LogP contribution is 2.65. The maximum absolute atomic E-state index is 17.2. The van der Waals surface area contributed by atoms with E-state index in [0.29, 0.717) is 110 Å². The number of aromatic nitrogens is 14. The molecule has 0 radical (unpaired) electrons. The number of esters is 2. The van der Waals surface area contributed by atoms with Crippen LogP contribution >= 0.6 is 25.7 Å². The fraction of sp³-hybridized carbons (Fsp3) is 0.325. The number of benzene rings is 6. The molecule has 11 heterocycles. The van der Waals surface area contributed by atoms with E-state index < -0.39 is 100 Å². The molecular formula is C83H82BF2N17O18P2S. The van der Waals surface area contributed by atoms with E-state index in [-0.39, 0.29) is 104 Å². The normalized spacial score (nSPS) is 21.5. The molecule has 7 aromatic heterocycles. The van der Waals surface area contributed by atoms with Gasteiger partial charge in [0.15, 0.2) is 47.7 Å². The molecule has 4 aliphatic heterocycles. The highest BCUT2D eigenvalue weighted by molar-refractivity contribution is 8.54. The number of hydrogen-bond acceptors (Lipinski definition) is 30. The molecule has 4 aliphatic rings. The van der Waals surface area contributed by atoms with Crippen LogP contribution in [0.25, 0.3) is 66.8 Å². The molecule has 0 unspecified atom stereocenters. The number of halogens is 2. The van der Waals surface area contributed by atoms with E-state index in [0.717, 1.165) is 24.1 Å². The standard InChI is InChI=1S/C83H82BF2N17O18P2S/c1-5-111-40-62-95-69-71(100(62)42-83(3,4)108)56-16-8-10-18-58(56)94-76(69)96-82(107)113-37-48-22-28-53(29-23-48)116-64(105)21-13-12-20-63(104)99-36-51-14-6-7-15-55(51)68-72(57-17-9-11-19-59(57)99)103(98-97-68)34-35-112-52-32-26-50(27-33-52)81(106)117-54-30-24-49(25-31-54)41-124-123(110)115-39-61-73(65(85)79(119-61)102-46-93-70-75(87)89-44-91-78(70)102)120-122(84,109)114-38-60-74(121-123)66(86)80(118-60)101-45-92-67-47(2)88-43-90-77(67)101/h6-11,14-19,22-33,43-46,60-61,65-66,73-74,79-80,108H,5,12-13,20-21,34-42,84H2,1-4H3,(H2,87,89,91)(H,94,96,107)/t60-,61-,65-,66-,73-,74-,79-,80-,122-,123-/m1/s1. The first-order valence-corrected chi connectivity index (χ1v) is 44.9. The van der Waals surface area contributed by atoms with Crippen molar-refractivity contribution in [2.45, 2.75) is 147 Å². The number of fused-ring (bicyclic) bond motifs is 12. The Morgan fingerprint density at radius 3 is 2.10 bits per heavy atom. The lowest BCUT2D eigenvalue weighted by atomic mass is 9.95. The number of unbranched alkanes of at least 4 members (excludes halogenated alkanes) is 1. The number of pyridine rings is 1. The molecule has 3 saturated heterocycles. The highest BCUT2D eigenvalue weighted by atomic mass is 32.7. The molecule has 0 spiro atoms. The third kappa shape index (κ3) is 18.1. The van der Waals surface area contributed by atoms with Crippen molar-refractivity contribution in [2.75, 3.05) is 42.4 Å². The number of aryl methyl sites for hydroxylation is 1. The number of nitrogens with two attached hydrogens (primary N) is 1. The van der Waals surface area contributed by atoms with E-state index in [1.807, 2.05) is 84.3 Å². The van der Waals surface area contributed by atoms with Crippen molar-refractivity contribution in [2.24, 2.45) is 0 Å². The van der Waals surface area contributed by atoms with E-state index in [1.54, 1.807) is 91.0 Å². The first-order chi connectivity index (χ1) is 59.9. The van der Waals surface area contributed by atoms with Crippen molar-refractivity contribution in [3.8, 4) is 39.8 Å². The number of carbonyl (C=O) groups is 4. The van der Waals surface area contributed by atoms with Gasteiger partial charge in [-0.05, 0) is 129 Å². The molecule has 6 aromatic carbocycles. The second-order valence-electron chi connectivity index (χ2n) is 30.4. The summed E-state index contributed by atoms with van der Waals surface area (Å²) in [5, 5.41) is 23.7. The van der Waals surface area contributed by atoms with Crippen LogP contribution in [-0.2, 0) is 94.4 Å². The number of para-hydroxylation sites is 2. The lowest BCUT2D eigenvalue weighted by Crippen LogP contribution is -2.37. The summed E-state index contributed by atoms with van der Waals surface area (Å²) in [4.78, 5) is 91.3. The van der Waals surface area contributed by atoms with Gasteiger partial charge in [0.1, 0.15) is 102 Å². The Morgan fingerprint density at radius 1 is 0.710 bits per heavy atom. The minimum absolute atomic E-state index is 0.0213. The Kier molecular flexibility index (Phi) is 24.3. The van der Waals surface area contributed by atoms with Crippen LogP contribution in [-0.4, -0.2) is 174 Å². The quantitative estimate of drug-likeness (QED) is 0.0157. The highest BCUT2D eigenvalue weighted by Gasteiger charge is 2.55. The zero-order valence-corrected chi connectivity index (χ0v) is 70.0. The number of ether oxygens (including phenoxy) is 7. The minimum atomic E-state index is -4.61. The van der Waals surface area contributed by atoms with Gasteiger partial charge in [-0.2, -0.15) is 0 Å². The molecule has 3 fully saturated rings. The average Bonchev–Trinajstić information content (AvgIpc) is 1.31. The maximum Gasteiger partial charge on any atom is 0.413 e. The number of alkyl halides is 2. The van der Waals surface area contributed by atoms with Gasteiger partial charge in [-0.25, -0.2) is 67.5 Å². The summed E-state index contributed by atoms with van der Waals surface area (Å²) in [7, 11) is -3.14. The Morgan fingerprint density at radius 2 is 1.35 bits per heavy atom. The second-order valence-corrected chi connectivity index (χ2v) is 36.5. The SMILES string of the molecule is B[P@@]1(=O)OC[C@H]2O[C@@H](n3cnc4c(C)ncnc43)[C@H](F)[C@@H]2O[P@](=O)(SCc2ccc(OC(=O)c3ccc(OCCn4nnc5c4-c4ccccc4N(C(=O)CCCCC(=O)Oc4ccc(COC(=O)Nc6nc7ccccc7c7c6nc(COCC)n7CC(C)(C)O)cc4)Cc4ccccc4-5)cc3)cc2)OC[C@H]2O[C@@H](n3cnc4c(N)ncnc43)[C@H](F)[C@@H]2O1. The van der Waals surface area contributed by atoms with E-state index in [9.17, 15) is 28.8 Å². The van der Waals surface area contributed by atoms with Crippen molar-refractivity contribution < 1.29 is 93.4 Å². The van der Waals surface area contributed by atoms with Gasteiger partial charge in [0.2, 0.25) is 5.91 Å². The van der Waals surface area contributed by atoms with Crippen LogP contribution in [0.3, 0.4) is 0 Å². The van der Waals surface area contributed by atoms with Gasteiger partial charge >= 0.3 is 24.8 Å². The molecular weight excluding hydrogens is 1670 g/mol. The summed E-state index contributed by atoms with van der Waals surface area (Å²) >= 11 is 0.681. The summed E-state index contributed by atoms with van der Waals surface area (Å²) in [5.74, 6) is 0.240. The van der Waals surface area contributed by atoms with E-state index >= 15 is 13.3 Å². The topological polar surface area (TPSA) is 414 Å². The molecule has 35 nitrogen and oxygen atoms in total. The van der Waals surface area contributed by atoms with Crippen LogP contribution in [0.5, 0.6) is 17.2 Å². The van der Waals surface area contributed by atoms with Gasteiger partial charge in [-0.15, -0.1) is 5.10 Å². The largest absolute Gasteiger partial charge is 0.492 e. The summed E-state index contributed by atoms with van der Waals surface area (Å²) < 4.78 is 135. The number of nitrogen functional groups attached to an aromatic ring is 1. The molecule has 2 amide bonds. The number of rotatable bonds is 25. The summed E-state index contributed by atoms with van der Waals surface area (Å²) in [6.45, 7) is 2.35. The van der Waals surface area contributed by atoms with E-state index in [4.69, 9.17) is 67.0 Å². The molecule has 17 rings (SSSR count). The van der Waals surface area contributed by atoms with Crippen LogP contribution in [0.2, 0.25) is 0 Å². The molecule has 640 valence electrons. The number of hydrogen-bond donors (Lipinski definition) is 3. The number of nitrogens with zero attached hydrogens (tertiary/aromatic N) is 15. The lowest BCUT2D eigenvalue weighted by Gasteiger charge is -2.30. The predicted octanol–water partition coefficient (Wildman–Crippen LogP) is 12.8. The van der Waals surface area contributed by atoms with Crippen molar-refractivity contribution in [3.63, 3.8) is 0 Å². The minimum Gasteiger partial charge on any atom is -0.492 e. The fourth-order valence-corrected chi connectivity index (χ4v) is 19.7. The number of anilines is 3. The van der Waals surface area contributed by atoms with E-state index in [2.05, 4.69) is 45.5 Å². The van der Waals surface area contributed by atoms with Crippen molar-refractivity contribution in [1.82, 2.24) is 68.6 Å². The van der Waals surface area contributed by atoms with Crippen LogP contribution in [0.4, 0.5) is 30.9 Å². The van der Waals surface area contributed by atoms with Crippen LogP contribution in [0, 0.1) is 6.92 Å². The molecule has 4 N–H and O–H groups in total. The van der Waals surface area contributed by atoms with Gasteiger partial charge in [0.05, 0.1) is 84.8 Å². The number of aliphatic hydroxyl groups is 1. The fourth-order valence-electron chi connectivity index (χ4n) is 15.2. The first kappa shape index (κ1) is 84.4. The van der Waals surface area contributed by atoms with Gasteiger partial charge in [-0.3, -0.25) is 37.7 Å². The Hall–Kier alpha value is -11.9. The lowest BCUT2D eigenvalue weighted by molar-refractivity contribution is -0.134. The molecule has 41 heteroatoms. The average molecular weight is 1750 g/mol. The second kappa shape index (κ2) is 35.8. The predicted molar refractivity (Wildman–Crippen MR) is 451 cm³/mol. The Bertz CT molecular complexity index is 6290. The summed E-state index contributed by atoms with van der Waals surface area (Å²) in [6, 6.07) is 42.0. The summed E-state index contributed by atoms with van der Waals surface area (Å²) in [6.07, 6.45) is -8.20. The number of nitrogens with one attached hydrogen (secondary N) is 1. The molecule has 0 aliphatic carbocycles.